The number of aliphatic hydroxyl groups is 1. The third-order valence-electron chi connectivity index (χ3n) is 3.12. The number of nitrogens with zero attached hydrogens (tertiary/aromatic N) is 2. The van der Waals surface area contributed by atoms with Crippen molar-refractivity contribution in [2.45, 2.75) is 26.0 Å². The van der Waals surface area contributed by atoms with Crippen molar-refractivity contribution in [2.24, 2.45) is 0 Å². The van der Waals surface area contributed by atoms with Gasteiger partial charge in [0.25, 0.3) is 0 Å². The highest BCUT2D eigenvalue weighted by molar-refractivity contribution is 5.75. The van der Waals surface area contributed by atoms with Crippen molar-refractivity contribution in [3.63, 3.8) is 0 Å². The summed E-state index contributed by atoms with van der Waals surface area (Å²) < 4.78 is 19.7. The lowest BCUT2D eigenvalue weighted by atomic mass is 10.3. The average Bonchev–Trinajstić information content (AvgIpc) is 2.96. The van der Waals surface area contributed by atoms with Crippen molar-refractivity contribution in [1.29, 1.82) is 0 Å². The van der Waals surface area contributed by atoms with Gasteiger partial charge in [-0.1, -0.05) is 0 Å². The number of hydrogen-bond donors (Lipinski definition) is 2. The minimum Gasteiger partial charge on any atom is -0.491 e. The van der Waals surface area contributed by atoms with E-state index in [2.05, 4.69) is 10.4 Å². The quantitative estimate of drug-likeness (QED) is 0.768. The second-order valence-corrected chi connectivity index (χ2v) is 5.25. The fourth-order valence-corrected chi connectivity index (χ4v) is 1.91. The molecule has 0 saturated heterocycles. The minimum atomic E-state index is -0.837. The molecule has 0 aliphatic rings. The van der Waals surface area contributed by atoms with Crippen molar-refractivity contribution in [3.8, 4) is 5.75 Å². The van der Waals surface area contributed by atoms with Gasteiger partial charge >= 0.3 is 0 Å². The molecule has 23 heavy (non-hydrogen) atoms. The van der Waals surface area contributed by atoms with Crippen LogP contribution in [0.3, 0.4) is 0 Å². The lowest BCUT2D eigenvalue weighted by Crippen LogP contribution is -2.35. The first-order valence-electron chi connectivity index (χ1n) is 7.35. The zero-order chi connectivity index (χ0) is 16.7. The largest absolute Gasteiger partial charge is 0.491 e. The summed E-state index contributed by atoms with van der Waals surface area (Å²) in [6.07, 6.45) is 3.04. The third kappa shape index (κ3) is 6.07. The van der Waals surface area contributed by atoms with Gasteiger partial charge in [-0.2, -0.15) is 5.10 Å². The number of amides is 1. The van der Waals surface area contributed by atoms with E-state index in [0.29, 0.717) is 12.3 Å². The standard InChI is InChI=1S/C16H20FN3O3/c1-12-8-19-20(10-12)7-6-16(22)18-9-14(21)11-23-15-4-2-13(17)3-5-15/h2-5,8,10,14,21H,6-7,9,11H2,1H3,(H,18,22). The van der Waals surface area contributed by atoms with Crippen LogP contribution in [0.5, 0.6) is 5.75 Å². The smallest absolute Gasteiger partial charge is 0.221 e. The minimum absolute atomic E-state index is 0.0181. The van der Waals surface area contributed by atoms with Crippen molar-refractivity contribution in [3.05, 3.63) is 48.0 Å². The van der Waals surface area contributed by atoms with Gasteiger partial charge in [0, 0.05) is 25.7 Å². The first-order chi connectivity index (χ1) is 11.0. The van der Waals surface area contributed by atoms with Crippen LogP contribution in [0.2, 0.25) is 0 Å². The molecule has 1 aromatic heterocycles. The number of ether oxygens (including phenoxy) is 1. The molecule has 2 rings (SSSR count). The van der Waals surface area contributed by atoms with Gasteiger partial charge in [-0.25, -0.2) is 4.39 Å². The molecular weight excluding hydrogens is 301 g/mol. The Labute approximate surface area is 133 Å². The summed E-state index contributed by atoms with van der Waals surface area (Å²) in [6.45, 7) is 2.53. The summed E-state index contributed by atoms with van der Waals surface area (Å²) >= 11 is 0. The molecule has 1 heterocycles. The molecule has 124 valence electrons. The Morgan fingerprint density at radius 3 is 2.83 bits per heavy atom. The second-order valence-electron chi connectivity index (χ2n) is 5.25. The number of hydrogen-bond acceptors (Lipinski definition) is 4. The molecule has 1 amide bonds. The van der Waals surface area contributed by atoms with Gasteiger partial charge in [0.15, 0.2) is 0 Å². The van der Waals surface area contributed by atoms with E-state index >= 15 is 0 Å². The van der Waals surface area contributed by atoms with Gasteiger partial charge in [-0.05, 0) is 36.8 Å². The van der Waals surface area contributed by atoms with Gasteiger partial charge in [0.05, 0.1) is 6.20 Å². The van der Waals surface area contributed by atoms with Crippen LogP contribution in [-0.2, 0) is 11.3 Å². The highest BCUT2D eigenvalue weighted by Crippen LogP contribution is 2.11. The molecule has 0 spiro atoms. The number of aliphatic hydroxyl groups excluding tert-OH is 1. The summed E-state index contributed by atoms with van der Waals surface area (Å²) in [6, 6.07) is 5.51. The Kier molecular flexibility index (Phi) is 6.10. The lowest BCUT2D eigenvalue weighted by molar-refractivity contribution is -0.121. The van der Waals surface area contributed by atoms with Crippen molar-refractivity contribution in [1.82, 2.24) is 15.1 Å². The summed E-state index contributed by atoms with van der Waals surface area (Å²) in [5.41, 5.74) is 1.04. The average molecular weight is 321 g/mol. The van der Waals surface area contributed by atoms with Crippen LogP contribution in [0, 0.1) is 12.7 Å². The molecule has 0 bridgehead atoms. The Morgan fingerprint density at radius 1 is 1.43 bits per heavy atom. The number of aryl methyl sites for hydroxylation is 2. The first kappa shape index (κ1) is 17.0. The third-order valence-corrected chi connectivity index (χ3v) is 3.12. The molecule has 1 atom stereocenters. The second kappa shape index (κ2) is 8.28. The van der Waals surface area contributed by atoms with Crippen LogP contribution in [0.15, 0.2) is 36.7 Å². The monoisotopic (exact) mass is 321 g/mol. The molecule has 0 aliphatic carbocycles. The molecule has 0 saturated carbocycles. The Balaban J connectivity index is 1.62. The van der Waals surface area contributed by atoms with E-state index in [0.717, 1.165) is 5.56 Å². The zero-order valence-electron chi connectivity index (χ0n) is 12.9. The lowest BCUT2D eigenvalue weighted by Gasteiger charge is -2.13. The first-order valence-corrected chi connectivity index (χ1v) is 7.35. The van der Waals surface area contributed by atoms with E-state index < -0.39 is 6.10 Å². The number of rotatable bonds is 8. The molecule has 1 unspecified atom stereocenters. The number of aromatic nitrogens is 2. The van der Waals surface area contributed by atoms with Gasteiger partial charge in [0.2, 0.25) is 5.91 Å². The van der Waals surface area contributed by atoms with E-state index in [1.807, 2.05) is 13.1 Å². The zero-order valence-corrected chi connectivity index (χ0v) is 12.9. The number of carbonyl (C=O) groups is 1. The normalized spacial score (nSPS) is 12.0. The van der Waals surface area contributed by atoms with E-state index in [4.69, 9.17) is 4.74 Å². The molecule has 0 radical (unpaired) electrons. The van der Waals surface area contributed by atoms with Gasteiger partial charge in [-0.15, -0.1) is 0 Å². The van der Waals surface area contributed by atoms with Gasteiger partial charge in [0.1, 0.15) is 24.3 Å². The van der Waals surface area contributed by atoms with E-state index in [1.165, 1.54) is 24.3 Å². The molecule has 2 N–H and O–H groups in total. The summed E-state index contributed by atoms with van der Waals surface area (Å²) in [4.78, 5) is 11.7. The van der Waals surface area contributed by atoms with Crippen molar-refractivity contribution < 1.29 is 19.0 Å². The van der Waals surface area contributed by atoms with Gasteiger partial charge < -0.3 is 15.2 Å². The SMILES string of the molecule is Cc1cnn(CCC(=O)NCC(O)COc2ccc(F)cc2)c1. The van der Waals surface area contributed by atoms with Crippen LogP contribution in [0.4, 0.5) is 4.39 Å². The molecule has 0 aliphatic heterocycles. The maximum Gasteiger partial charge on any atom is 0.221 e. The van der Waals surface area contributed by atoms with E-state index in [9.17, 15) is 14.3 Å². The summed E-state index contributed by atoms with van der Waals surface area (Å²) in [5.74, 6) is -0.0534. The molecule has 6 nitrogen and oxygen atoms in total. The molecule has 0 fully saturated rings. The van der Waals surface area contributed by atoms with Crippen LogP contribution >= 0.6 is 0 Å². The van der Waals surface area contributed by atoms with Crippen LogP contribution in [0.1, 0.15) is 12.0 Å². The maximum absolute atomic E-state index is 12.7. The number of halogens is 1. The number of benzene rings is 1. The predicted molar refractivity (Wildman–Crippen MR) is 82.5 cm³/mol. The Morgan fingerprint density at radius 2 is 2.17 bits per heavy atom. The van der Waals surface area contributed by atoms with Crippen molar-refractivity contribution in [2.75, 3.05) is 13.2 Å². The van der Waals surface area contributed by atoms with E-state index in [1.54, 1.807) is 10.9 Å². The predicted octanol–water partition coefficient (Wildman–Crippen LogP) is 1.28. The Hall–Kier alpha value is -2.41. The highest BCUT2D eigenvalue weighted by atomic mass is 19.1. The Bertz CT molecular complexity index is 628. The summed E-state index contributed by atoms with van der Waals surface area (Å²) in [7, 11) is 0. The van der Waals surface area contributed by atoms with E-state index in [-0.39, 0.29) is 31.3 Å². The molecule has 1 aromatic carbocycles. The summed E-state index contributed by atoms with van der Waals surface area (Å²) in [5, 5.41) is 16.5. The van der Waals surface area contributed by atoms with Crippen LogP contribution in [0.25, 0.3) is 0 Å². The van der Waals surface area contributed by atoms with Crippen molar-refractivity contribution >= 4 is 5.91 Å². The molecular formula is C16H20FN3O3. The van der Waals surface area contributed by atoms with Crippen LogP contribution in [-0.4, -0.2) is 40.0 Å². The van der Waals surface area contributed by atoms with Crippen LogP contribution < -0.4 is 10.1 Å². The number of nitrogens with one attached hydrogen (secondary N) is 1. The molecule has 7 heteroatoms. The maximum atomic E-state index is 12.7. The van der Waals surface area contributed by atoms with Gasteiger partial charge in [-0.3, -0.25) is 9.48 Å². The highest BCUT2D eigenvalue weighted by Gasteiger charge is 2.08. The fraction of sp³-hybridized carbons (Fsp3) is 0.375. The number of carbonyl (C=O) groups excluding carboxylic acids is 1. The molecule has 2 aromatic rings. The topological polar surface area (TPSA) is 76.4 Å². The fourth-order valence-electron chi connectivity index (χ4n) is 1.91.